The molecule has 0 radical (unpaired) electrons. The summed E-state index contributed by atoms with van der Waals surface area (Å²) in [6, 6.07) is 0.633. The molecule has 0 aromatic heterocycles. The summed E-state index contributed by atoms with van der Waals surface area (Å²) < 4.78 is 0. The minimum atomic E-state index is 0.633. The lowest BCUT2D eigenvalue weighted by molar-refractivity contribution is 0.341. The first-order chi connectivity index (χ1) is 6.24. The molecule has 0 aromatic carbocycles. The number of aliphatic imine (C=N–C) groups is 1. The molecule has 0 heterocycles. The molecule has 0 spiro atoms. The largest absolute Gasteiger partial charge is 0.295 e. The van der Waals surface area contributed by atoms with Crippen molar-refractivity contribution in [1.29, 1.82) is 0 Å². The van der Waals surface area contributed by atoms with Gasteiger partial charge in [0.1, 0.15) is 0 Å². The van der Waals surface area contributed by atoms with Crippen molar-refractivity contribution in [2.45, 2.75) is 58.9 Å². The smallest absolute Gasteiger partial charge is 0.0495 e. The fraction of sp³-hybridized carbons (Fsp3) is 0.917. The van der Waals surface area contributed by atoms with Gasteiger partial charge in [0, 0.05) is 6.04 Å². The monoisotopic (exact) mass is 181 g/mol. The van der Waals surface area contributed by atoms with Gasteiger partial charge < -0.3 is 0 Å². The third kappa shape index (κ3) is 3.50. The minimum Gasteiger partial charge on any atom is -0.295 e. The predicted molar refractivity (Wildman–Crippen MR) is 59.4 cm³/mol. The molecule has 1 rings (SSSR count). The van der Waals surface area contributed by atoms with Gasteiger partial charge in [-0.15, -0.1) is 0 Å². The predicted octanol–water partition coefficient (Wildman–Crippen LogP) is 3.68. The lowest BCUT2D eigenvalue weighted by Gasteiger charge is -2.17. The molecule has 1 heteroatoms. The summed E-state index contributed by atoms with van der Waals surface area (Å²) in [4.78, 5) is 4.51. The zero-order valence-electron chi connectivity index (χ0n) is 9.29. The number of hydrogen-bond donors (Lipinski definition) is 0. The Morgan fingerprint density at radius 3 is 2.54 bits per heavy atom. The van der Waals surface area contributed by atoms with Crippen molar-refractivity contribution < 1.29 is 0 Å². The molecule has 0 bridgehead atoms. The highest BCUT2D eigenvalue weighted by Crippen LogP contribution is 2.29. The average Bonchev–Trinajstić information content (AvgIpc) is 2.30. The molecule has 0 aromatic rings. The van der Waals surface area contributed by atoms with Gasteiger partial charge in [-0.2, -0.15) is 0 Å². The van der Waals surface area contributed by atoms with Crippen molar-refractivity contribution in [1.82, 2.24) is 0 Å². The van der Waals surface area contributed by atoms with Gasteiger partial charge in [-0.25, -0.2) is 0 Å². The maximum Gasteiger partial charge on any atom is 0.0495 e. The first-order valence-electron chi connectivity index (χ1n) is 5.71. The lowest BCUT2D eigenvalue weighted by atomic mass is 9.89. The summed E-state index contributed by atoms with van der Waals surface area (Å²) in [5.41, 5.74) is 0. The Hall–Kier alpha value is -0.330. The molecule has 1 fully saturated rings. The van der Waals surface area contributed by atoms with Crippen molar-refractivity contribution in [3.05, 3.63) is 0 Å². The summed E-state index contributed by atoms with van der Waals surface area (Å²) >= 11 is 0. The van der Waals surface area contributed by atoms with E-state index in [9.17, 15) is 0 Å². The molecule has 1 nitrogen and oxygen atoms in total. The second-order valence-electron chi connectivity index (χ2n) is 4.57. The van der Waals surface area contributed by atoms with E-state index in [4.69, 9.17) is 0 Å². The first kappa shape index (κ1) is 10.7. The van der Waals surface area contributed by atoms with Gasteiger partial charge in [0.05, 0.1) is 0 Å². The molecule has 0 aliphatic heterocycles. The molecule has 2 unspecified atom stereocenters. The van der Waals surface area contributed by atoms with Gasteiger partial charge in [-0.05, 0) is 44.2 Å². The summed E-state index contributed by atoms with van der Waals surface area (Å²) in [6.45, 7) is 6.74. The zero-order valence-corrected chi connectivity index (χ0v) is 9.29. The van der Waals surface area contributed by atoms with Crippen LogP contribution in [0.5, 0.6) is 0 Å². The minimum absolute atomic E-state index is 0.633. The Labute approximate surface area is 82.6 Å². The molecule has 2 atom stereocenters. The van der Waals surface area contributed by atoms with E-state index in [-0.39, 0.29) is 0 Å². The summed E-state index contributed by atoms with van der Waals surface area (Å²) in [6.07, 6.45) is 8.79. The van der Waals surface area contributed by atoms with Crippen LogP contribution in [-0.4, -0.2) is 12.3 Å². The van der Waals surface area contributed by atoms with Crippen LogP contribution in [0.3, 0.4) is 0 Å². The van der Waals surface area contributed by atoms with Crippen LogP contribution < -0.4 is 0 Å². The van der Waals surface area contributed by atoms with Crippen molar-refractivity contribution >= 4 is 6.21 Å². The Morgan fingerprint density at radius 2 is 1.92 bits per heavy atom. The zero-order chi connectivity index (χ0) is 9.68. The molecular weight excluding hydrogens is 158 g/mol. The SMILES string of the molecule is CC=NC1CCCC(C(C)C)CC1. The van der Waals surface area contributed by atoms with E-state index >= 15 is 0 Å². The normalized spacial score (nSPS) is 31.1. The van der Waals surface area contributed by atoms with E-state index in [1.54, 1.807) is 0 Å². The molecule has 1 saturated carbocycles. The van der Waals surface area contributed by atoms with Gasteiger partial charge in [0.15, 0.2) is 0 Å². The van der Waals surface area contributed by atoms with Crippen LogP contribution in [0.1, 0.15) is 52.9 Å². The number of hydrogen-bond acceptors (Lipinski definition) is 1. The second-order valence-corrected chi connectivity index (χ2v) is 4.57. The van der Waals surface area contributed by atoms with E-state index < -0.39 is 0 Å². The van der Waals surface area contributed by atoms with Crippen molar-refractivity contribution in [2.75, 3.05) is 0 Å². The van der Waals surface area contributed by atoms with Gasteiger partial charge in [0.2, 0.25) is 0 Å². The Morgan fingerprint density at radius 1 is 1.15 bits per heavy atom. The molecule has 0 saturated heterocycles. The summed E-state index contributed by atoms with van der Waals surface area (Å²) in [5.74, 6) is 1.82. The van der Waals surface area contributed by atoms with Crippen LogP contribution >= 0.6 is 0 Å². The molecule has 1 aliphatic rings. The second kappa shape index (κ2) is 5.41. The molecular formula is C12H23N. The van der Waals surface area contributed by atoms with Gasteiger partial charge in [-0.1, -0.05) is 26.7 Å². The van der Waals surface area contributed by atoms with Crippen molar-refractivity contribution in [3.63, 3.8) is 0 Å². The van der Waals surface area contributed by atoms with Crippen LogP contribution in [-0.2, 0) is 0 Å². The fourth-order valence-electron chi connectivity index (χ4n) is 2.34. The quantitative estimate of drug-likeness (QED) is 0.455. The molecule has 76 valence electrons. The summed E-state index contributed by atoms with van der Waals surface area (Å²) in [5, 5.41) is 0. The van der Waals surface area contributed by atoms with Crippen LogP contribution in [0.15, 0.2) is 4.99 Å². The van der Waals surface area contributed by atoms with Gasteiger partial charge >= 0.3 is 0 Å². The Kier molecular flexibility index (Phi) is 4.47. The van der Waals surface area contributed by atoms with E-state index in [0.29, 0.717) is 6.04 Å². The Bertz CT molecular complexity index is 161. The third-order valence-corrected chi connectivity index (χ3v) is 3.29. The highest BCUT2D eigenvalue weighted by atomic mass is 14.8. The molecule has 13 heavy (non-hydrogen) atoms. The van der Waals surface area contributed by atoms with Crippen LogP contribution in [0.25, 0.3) is 0 Å². The molecule has 1 aliphatic carbocycles. The maximum absolute atomic E-state index is 4.51. The third-order valence-electron chi connectivity index (χ3n) is 3.29. The van der Waals surface area contributed by atoms with E-state index in [1.807, 2.05) is 13.1 Å². The maximum atomic E-state index is 4.51. The van der Waals surface area contributed by atoms with Crippen LogP contribution in [0.4, 0.5) is 0 Å². The average molecular weight is 181 g/mol. The van der Waals surface area contributed by atoms with E-state index in [1.165, 1.54) is 32.1 Å². The van der Waals surface area contributed by atoms with Crippen LogP contribution in [0, 0.1) is 11.8 Å². The summed E-state index contributed by atoms with van der Waals surface area (Å²) in [7, 11) is 0. The molecule has 0 amide bonds. The number of nitrogens with zero attached hydrogens (tertiary/aromatic N) is 1. The van der Waals surface area contributed by atoms with Gasteiger partial charge in [0.25, 0.3) is 0 Å². The fourth-order valence-corrected chi connectivity index (χ4v) is 2.34. The Balaban J connectivity index is 2.39. The van der Waals surface area contributed by atoms with Crippen molar-refractivity contribution in [3.8, 4) is 0 Å². The highest BCUT2D eigenvalue weighted by Gasteiger charge is 2.19. The lowest BCUT2D eigenvalue weighted by Crippen LogP contribution is -2.08. The van der Waals surface area contributed by atoms with Crippen LogP contribution in [0.2, 0.25) is 0 Å². The van der Waals surface area contributed by atoms with E-state index in [2.05, 4.69) is 18.8 Å². The first-order valence-corrected chi connectivity index (χ1v) is 5.71. The topological polar surface area (TPSA) is 12.4 Å². The number of rotatable bonds is 2. The molecule has 0 N–H and O–H groups in total. The highest BCUT2D eigenvalue weighted by molar-refractivity contribution is 5.53. The standard InChI is InChI=1S/C12H23N/c1-4-13-12-7-5-6-11(8-9-12)10(2)3/h4,10-12H,5-9H2,1-3H3. The van der Waals surface area contributed by atoms with Crippen molar-refractivity contribution in [2.24, 2.45) is 16.8 Å². The van der Waals surface area contributed by atoms with E-state index in [0.717, 1.165) is 11.8 Å². The van der Waals surface area contributed by atoms with Gasteiger partial charge in [-0.3, -0.25) is 4.99 Å².